The molecule has 8 nitrogen and oxygen atoms in total. The van der Waals surface area contributed by atoms with Crippen molar-refractivity contribution in [1.29, 1.82) is 0 Å². The monoisotopic (exact) mass is 487 g/mol. The largest absolute Gasteiger partial charge is 0.481 e. The van der Waals surface area contributed by atoms with E-state index >= 15 is 0 Å². The number of hydrogen-bond acceptors (Lipinski definition) is 5. The van der Waals surface area contributed by atoms with Crippen LogP contribution in [0, 0.1) is 0 Å². The second-order valence-electron chi connectivity index (χ2n) is 8.30. The van der Waals surface area contributed by atoms with Gasteiger partial charge in [-0.3, -0.25) is 14.5 Å². The molecule has 180 valence electrons. The standard InChI is InChI=1S/C24H26FN3O5S/c25-14-19(29)15(13-22(30)31)26-23(32)18-9-5-6-12-27(18)24(33)28-16-7-1-3-10-20(16)34-21-11-4-2-8-17(21)28/h1-4,7-8,10-11,15,18-19,29H,5-6,9,12-14H2,(H,26,32)(H,30,31). The Balaban J connectivity index is 1.62. The number of alkyl halides is 1. The highest BCUT2D eigenvalue weighted by Gasteiger charge is 2.39. The topological polar surface area (TPSA) is 110 Å². The molecule has 2 aromatic carbocycles. The number of rotatable bonds is 6. The Morgan fingerprint density at radius 1 is 1.06 bits per heavy atom. The van der Waals surface area contributed by atoms with Gasteiger partial charge in [-0.25, -0.2) is 9.18 Å². The lowest BCUT2D eigenvalue weighted by molar-refractivity contribution is -0.139. The summed E-state index contributed by atoms with van der Waals surface area (Å²) >= 11 is 1.57. The molecule has 3 unspecified atom stereocenters. The van der Waals surface area contributed by atoms with Gasteiger partial charge in [0.05, 0.1) is 23.8 Å². The molecule has 0 radical (unpaired) electrons. The molecule has 3 atom stereocenters. The predicted molar refractivity (Wildman–Crippen MR) is 125 cm³/mol. The third kappa shape index (κ3) is 4.88. The Labute approximate surface area is 200 Å². The summed E-state index contributed by atoms with van der Waals surface area (Å²) in [5.41, 5.74) is 1.44. The molecule has 3 amide bonds. The van der Waals surface area contributed by atoms with Crippen molar-refractivity contribution in [3.63, 3.8) is 0 Å². The number of halogens is 1. The van der Waals surface area contributed by atoms with Crippen LogP contribution >= 0.6 is 11.8 Å². The van der Waals surface area contributed by atoms with E-state index in [2.05, 4.69) is 5.32 Å². The van der Waals surface area contributed by atoms with Crippen molar-refractivity contribution in [1.82, 2.24) is 10.2 Å². The van der Waals surface area contributed by atoms with Gasteiger partial charge in [0.15, 0.2) is 0 Å². The van der Waals surface area contributed by atoms with Gasteiger partial charge < -0.3 is 20.4 Å². The maximum atomic E-state index is 13.9. The number of anilines is 2. The molecular weight excluding hydrogens is 461 g/mol. The highest BCUT2D eigenvalue weighted by Crippen LogP contribution is 2.48. The summed E-state index contributed by atoms with van der Waals surface area (Å²) in [5, 5.41) is 21.4. The maximum absolute atomic E-state index is 13.9. The number of piperidine rings is 1. The van der Waals surface area contributed by atoms with Gasteiger partial charge in [-0.1, -0.05) is 36.0 Å². The number of carbonyl (C=O) groups is 3. The van der Waals surface area contributed by atoms with Crippen LogP contribution in [0.4, 0.5) is 20.6 Å². The Kier molecular flexibility index (Phi) is 7.38. The summed E-state index contributed by atoms with van der Waals surface area (Å²) in [6.07, 6.45) is -0.463. The first-order chi connectivity index (χ1) is 16.4. The molecule has 0 spiro atoms. The van der Waals surface area contributed by atoms with Crippen molar-refractivity contribution in [3.05, 3.63) is 48.5 Å². The van der Waals surface area contributed by atoms with Crippen LogP contribution in [0.5, 0.6) is 0 Å². The Morgan fingerprint density at radius 3 is 2.26 bits per heavy atom. The molecule has 3 N–H and O–H groups in total. The molecular formula is C24H26FN3O5S. The Hall–Kier alpha value is -3.11. The van der Waals surface area contributed by atoms with Crippen LogP contribution < -0.4 is 10.2 Å². The number of carbonyl (C=O) groups excluding carboxylic acids is 2. The summed E-state index contributed by atoms with van der Waals surface area (Å²) < 4.78 is 13.0. The summed E-state index contributed by atoms with van der Waals surface area (Å²) in [6, 6.07) is 12.6. The predicted octanol–water partition coefficient (Wildman–Crippen LogP) is 3.55. The van der Waals surface area contributed by atoms with E-state index in [-0.39, 0.29) is 6.03 Å². The van der Waals surface area contributed by atoms with Crippen molar-refractivity contribution in [3.8, 4) is 0 Å². The summed E-state index contributed by atoms with van der Waals surface area (Å²) in [6.45, 7) is -0.843. The molecule has 0 aromatic heterocycles. The SMILES string of the molecule is O=C(O)CC(NC(=O)C1CCCCN1C(=O)N1c2ccccc2Sc2ccccc21)C(O)CF. The summed E-state index contributed by atoms with van der Waals surface area (Å²) in [7, 11) is 0. The molecule has 2 aliphatic rings. The first kappa shape index (κ1) is 24.0. The van der Waals surface area contributed by atoms with Crippen LogP contribution in [0.15, 0.2) is 58.3 Å². The molecule has 2 aliphatic heterocycles. The van der Waals surface area contributed by atoms with E-state index in [0.717, 1.165) is 21.2 Å². The van der Waals surface area contributed by atoms with Gasteiger partial charge in [-0.05, 0) is 43.5 Å². The third-order valence-corrected chi connectivity index (χ3v) is 7.15. The van der Waals surface area contributed by atoms with Crippen molar-refractivity contribution in [2.75, 3.05) is 18.1 Å². The number of benzene rings is 2. The summed E-state index contributed by atoms with van der Waals surface area (Å²) in [5.74, 6) is -1.87. The van der Waals surface area contributed by atoms with Crippen LogP contribution in [-0.4, -0.2) is 64.4 Å². The average Bonchev–Trinajstić information content (AvgIpc) is 2.85. The van der Waals surface area contributed by atoms with Crippen molar-refractivity contribution >= 4 is 41.0 Å². The van der Waals surface area contributed by atoms with E-state index in [4.69, 9.17) is 5.11 Å². The molecule has 0 aliphatic carbocycles. The smallest absolute Gasteiger partial charge is 0.329 e. The minimum atomic E-state index is -1.65. The number of urea groups is 1. The zero-order valence-corrected chi connectivity index (χ0v) is 19.2. The van der Waals surface area contributed by atoms with E-state index in [1.165, 1.54) is 4.90 Å². The number of para-hydroxylation sites is 2. The van der Waals surface area contributed by atoms with Gasteiger partial charge in [0.2, 0.25) is 5.91 Å². The lowest BCUT2D eigenvalue weighted by Gasteiger charge is -2.40. The molecule has 1 saturated heterocycles. The molecule has 0 bridgehead atoms. The molecule has 1 fully saturated rings. The number of aliphatic hydroxyl groups excluding tert-OH is 1. The lowest BCUT2D eigenvalue weighted by atomic mass is 10.00. The molecule has 34 heavy (non-hydrogen) atoms. The summed E-state index contributed by atoms with van der Waals surface area (Å²) in [4.78, 5) is 43.1. The number of aliphatic carboxylic acids is 1. The molecule has 0 saturated carbocycles. The maximum Gasteiger partial charge on any atom is 0.329 e. The fourth-order valence-corrected chi connectivity index (χ4v) is 5.39. The van der Waals surface area contributed by atoms with E-state index in [0.29, 0.717) is 25.8 Å². The first-order valence-electron chi connectivity index (χ1n) is 11.1. The Morgan fingerprint density at radius 2 is 1.68 bits per heavy atom. The number of likely N-dealkylation sites (tertiary alicyclic amines) is 1. The van der Waals surface area contributed by atoms with Crippen LogP contribution in [0.25, 0.3) is 0 Å². The van der Waals surface area contributed by atoms with Gasteiger partial charge in [0.25, 0.3) is 0 Å². The second kappa shape index (κ2) is 10.4. The highest BCUT2D eigenvalue weighted by atomic mass is 32.2. The van der Waals surface area contributed by atoms with Crippen LogP contribution in [-0.2, 0) is 9.59 Å². The number of fused-ring (bicyclic) bond motifs is 2. The number of amides is 3. The minimum Gasteiger partial charge on any atom is -0.481 e. The zero-order valence-electron chi connectivity index (χ0n) is 18.4. The van der Waals surface area contributed by atoms with Crippen molar-refractivity contribution < 1.29 is 29.0 Å². The Bertz CT molecular complexity index is 1040. The van der Waals surface area contributed by atoms with Gasteiger partial charge in [0, 0.05) is 16.3 Å². The minimum absolute atomic E-state index is 0.347. The third-order valence-electron chi connectivity index (χ3n) is 6.02. The molecule has 2 aromatic rings. The quantitative estimate of drug-likeness (QED) is 0.575. The van der Waals surface area contributed by atoms with Crippen LogP contribution in [0.1, 0.15) is 25.7 Å². The van der Waals surface area contributed by atoms with Gasteiger partial charge in [0.1, 0.15) is 18.8 Å². The van der Waals surface area contributed by atoms with E-state index in [1.54, 1.807) is 16.7 Å². The average molecular weight is 488 g/mol. The van der Waals surface area contributed by atoms with Crippen molar-refractivity contribution in [2.24, 2.45) is 0 Å². The van der Waals surface area contributed by atoms with Crippen LogP contribution in [0.3, 0.4) is 0 Å². The fourth-order valence-electron chi connectivity index (χ4n) is 4.33. The first-order valence-corrected chi connectivity index (χ1v) is 11.9. The van der Waals surface area contributed by atoms with Gasteiger partial charge in [-0.2, -0.15) is 0 Å². The fraction of sp³-hybridized carbons (Fsp3) is 0.375. The number of carboxylic acid groups (broad SMARTS) is 1. The molecule has 4 rings (SSSR count). The number of aliphatic hydroxyl groups is 1. The van der Waals surface area contributed by atoms with Gasteiger partial charge in [-0.15, -0.1) is 0 Å². The molecule has 2 heterocycles. The molecule has 10 heteroatoms. The second-order valence-corrected chi connectivity index (χ2v) is 9.38. The van der Waals surface area contributed by atoms with E-state index < -0.39 is 43.2 Å². The van der Waals surface area contributed by atoms with Crippen molar-refractivity contribution in [2.45, 2.75) is 53.7 Å². The number of nitrogens with zero attached hydrogens (tertiary/aromatic N) is 2. The van der Waals surface area contributed by atoms with Crippen LogP contribution in [0.2, 0.25) is 0 Å². The zero-order chi connectivity index (χ0) is 24.2. The number of hydrogen-bond donors (Lipinski definition) is 3. The normalized spacial score (nSPS) is 18.9. The highest BCUT2D eigenvalue weighted by molar-refractivity contribution is 7.99. The van der Waals surface area contributed by atoms with Gasteiger partial charge >= 0.3 is 12.0 Å². The number of carboxylic acids is 1. The van der Waals surface area contributed by atoms with E-state index in [9.17, 15) is 23.9 Å². The number of nitrogens with one attached hydrogen (secondary N) is 1. The lowest BCUT2D eigenvalue weighted by Crippen LogP contribution is -2.58. The van der Waals surface area contributed by atoms with E-state index in [1.807, 2.05) is 48.5 Å².